The van der Waals surface area contributed by atoms with Gasteiger partial charge in [0.1, 0.15) is 0 Å². The van der Waals surface area contributed by atoms with Crippen LogP contribution in [0.3, 0.4) is 0 Å². The second-order valence-corrected chi connectivity index (χ2v) is 7.90. The van der Waals surface area contributed by atoms with E-state index in [2.05, 4.69) is 27.9 Å². The molecule has 0 radical (unpaired) electrons. The van der Waals surface area contributed by atoms with Crippen LogP contribution in [-0.4, -0.2) is 52.6 Å². The molecule has 1 saturated heterocycles. The molecule has 1 heterocycles. The van der Waals surface area contributed by atoms with Crippen LogP contribution < -0.4 is 0 Å². The molecule has 0 aromatic rings. The fourth-order valence-electron chi connectivity index (χ4n) is 3.83. The first-order chi connectivity index (χ1) is 9.17. The maximum Gasteiger partial charge on any atom is 0.0963 e. The summed E-state index contributed by atoms with van der Waals surface area (Å²) in [4.78, 5) is 0. The van der Waals surface area contributed by atoms with Crippen LogP contribution in [0.4, 0.5) is 0 Å². The van der Waals surface area contributed by atoms with Crippen molar-refractivity contribution >= 4 is 0 Å². The number of quaternary nitrogens is 1. The molecular formula is C17H32NO2+. The second-order valence-electron chi connectivity index (χ2n) is 7.90. The maximum atomic E-state index is 11.0. The monoisotopic (exact) mass is 282 g/mol. The molecule has 0 amide bonds. The van der Waals surface area contributed by atoms with Crippen molar-refractivity contribution in [3.05, 3.63) is 12.2 Å². The highest BCUT2D eigenvalue weighted by Crippen LogP contribution is 2.37. The first-order valence-corrected chi connectivity index (χ1v) is 8.15. The van der Waals surface area contributed by atoms with E-state index in [1.165, 1.54) is 6.42 Å². The molecular weight excluding hydrogens is 250 g/mol. The minimum absolute atomic E-state index is 0.220. The van der Waals surface area contributed by atoms with E-state index in [1.54, 1.807) is 0 Å². The number of hydrogen-bond donors (Lipinski definition) is 2. The fraction of sp³-hybridized carbons (Fsp3) is 0.882. The van der Waals surface area contributed by atoms with Crippen molar-refractivity contribution in [2.45, 2.75) is 69.6 Å². The van der Waals surface area contributed by atoms with E-state index >= 15 is 0 Å². The summed E-state index contributed by atoms with van der Waals surface area (Å²) in [5.41, 5.74) is -1.45. The van der Waals surface area contributed by atoms with Gasteiger partial charge in [-0.3, -0.25) is 0 Å². The highest BCUT2D eigenvalue weighted by molar-refractivity contribution is 5.12. The lowest BCUT2D eigenvalue weighted by Crippen LogP contribution is -2.61. The van der Waals surface area contributed by atoms with Gasteiger partial charge in [0.2, 0.25) is 0 Å². The summed E-state index contributed by atoms with van der Waals surface area (Å²) in [7, 11) is 4.47. The van der Waals surface area contributed by atoms with Crippen LogP contribution in [-0.2, 0) is 0 Å². The van der Waals surface area contributed by atoms with Crippen molar-refractivity contribution in [2.24, 2.45) is 5.92 Å². The molecule has 0 bridgehead atoms. The summed E-state index contributed by atoms with van der Waals surface area (Å²) in [5.74, 6) is 0.220. The lowest BCUT2D eigenvalue weighted by molar-refractivity contribution is -0.924. The van der Waals surface area contributed by atoms with Crippen molar-refractivity contribution in [3.8, 4) is 0 Å². The Morgan fingerprint density at radius 1 is 1.00 bits per heavy atom. The molecule has 0 aromatic carbocycles. The predicted molar refractivity (Wildman–Crippen MR) is 82.3 cm³/mol. The Labute approximate surface area is 123 Å². The van der Waals surface area contributed by atoms with Gasteiger partial charge in [-0.1, -0.05) is 38.3 Å². The molecule has 1 aliphatic carbocycles. The van der Waals surface area contributed by atoms with Crippen LogP contribution in [0, 0.1) is 5.92 Å². The Kier molecular flexibility index (Phi) is 4.35. The fourth-order valence-corrected chi connectivity index (χ4v) is 3.83. The average molecular weight is 282 g/mol. The number of piperidine rings is 1. The van der Waals surface area contributed by atoms with E-state index < -0.39 is 11.2 Å². The number of hydrogen-bond acceptors (Lipinski definition) is 2. The van der Waals surface area contributed by atoms with E-state index in [4.69, 9.17) is 0 Å². The van der Waals surface area contributed by atoms with Crippen LogP contribution >= 0.6 is 0 Å². The third-order valence-electron chi connectivity index (χ3n) is 5.81. The molecule has 3 atom stereocenters. The lowest BCUT2D eigenvalue weighted by atomic mass is 9.76. The Bertz CT molecular complexity index is 371. The molecule has 3 heteroatoms. The van der Waals surface area contributed by atoms with Crippen LogP contribution in [0.25, 0.3) is 0 Å². The minimum Gasteiger partial charge on any atom is -0.386 e. The summed E-state index contributed by atoms with van der Waals surface area (Å²) in [6.45, 7) is 5.31. The molecule has 2 N–H and O–H groups in total. The quantitative estimate of drug-likeness (QED) is 0.603. The summed E-state index contributed by atoms with van der Waals surface area (Å²) < 4.78 is 0.960. The number of aliphatic hydroxyl groups is 2. The molecule has 2 fully saturated rings. The first-order valence-electron chi connectivity index (χ1n) is 8.15. The molecule has 2 rings (SSSR count). The van der Waals surface area contributed by atoms with Gasteiger partial charge in [-0.05, 0) is 19.8 Å². The van der Waals surface area contributed by atoms with E-state index in [-0.39, 0.29) is 5.92 Å². The van der Waals surface area contributed by atoms with Gasteiger partial charge in [-0.15, -0.1) is 0 Å². The Balaban J connectivity index is 2.10. The highest BCUT2D eigenvalue weighted by Gasteiger charge is 2.46. The zero-order valence-corrected chi connectivity index (χ0v) is 13.6. The van der Waals surface area contributed by atoms with Crippen molar-refractivity contribution in [1.29, 1.82) is 0 Å². The highest BCUT2D eigenvalue weighted by atomic mass is 16.3. The largest absolute Gasteiger partial charge is 0.386 e. The van der Waals surface area contributed by atoms with Crippen molar-refractivity contribution in [1.82, 2.24) is 0 Å². The Morgan fingerprint density at radius 3 is 2.20 bits per heavy atom. The van der Waals surface area contributed by atoms with Gasteiger partial charge < -0.3 is 14.7 Å². The Morgan fingerprint density at radius 2 is 1.60 bits per heavy atom. The third-order valence-corrected chi connectivity index (χ3v) is 5.81. The smallest absolute Gasteiger partial charge is 0.0963 e. The van der Waals surface area contributed by atoms with Crippen LogP contribution in [0.15, 0.2) is 12.2 Å². The van der Waals surface area contributed by atoms with Gasteiger partial charge in [0.05, 0.1) is 37.9 Å². The molecule has 0 aromatic heterocycles. The van der Waals surface area contributed by atoms with Crippen LogP contribution in [0.2, 0.25) is 0 Å². The second kappa shape index (κ2) is 5.43. The molecule has 2 aliphatic rings. The molecule has 1 saturated carbocycles. The average Bonchev–Trinajstić information content (AvgIpc) is 2.35. The third kappa shape index (κ3) is 3.26. The number of likely N-dealkylation sites (tertiary alicyclic amines) is 1. The molecule has 3 unspecified atom stereocenters. The Hall–Kier alpha value is -0.380. The van der Waals surface area contributed by atoms with E-state index in [0.717, 1.165) is 43.1 Å². The normalized spacial score (nSPS) is 40.9. The summed E-state index contributed by atoms with van der Waals surface area (Å²) in [5, 5.41) is 21.5. The van der Waals surface area contributed by atoms with Crippen molar-refractivity contribution in [2.75, 3.05) is 20.6 Å². The maximum absolute atomic E-state index is 11.0. The van der Waals surface area contributed by atoms with Crippen LogP contribution in [0.5, 0.6) is 0 Å². The van der Waals surface area contributed by atoms with Gasteiger partial charge in [0.25, 0.3) is 0 Å². The van der Waals surface area contributed by atoms with Crippen LogP contribution in [0.1, 0.15) is 52.4 Å². The topological polar surface area (TPSA) is 40.5 Å². The van der Waals surface area contributed by atoms with Crippen molar-refractivity contribution in [3.63, 3.8) is 0 Å². The minimum atomic E-state index is -0.764. The number of nitrogens with zero attached hydrogens (tertiary/aromatic N) is 1. The van der Waals surface area contributed by atoms with Gasteiger partial charge in [-0.25, -0.2) is 0 Å². The van der Waals surface area contributed by atoms with E-state index in [9.17, 15) is 10.2 Å². The predicted octanol–water partition coefficient (Wildman–Crippen LogP) is 2.47. The standard InChI is InChI=1S/C17H32NO2/c1-14-13-18(3,4)15(2)12-17(14,20)11-10-16(19)8-6-5-7-9-16/h10-11,14-15,19-20H,5-9,12-13H2,1-4H3/q+1/b11-10+. The lowest BCUT2D eigenvalue weighted by Gasteiger charge is -2.49. The first kappa shape index (κ1) is 16.0. The van der Waals surface area contributed by atoms with E-state index in [1.807, 2.05) is 12.2 Å². The van der Waals surface area contributed by atoms with Gasteiger partial charge in [0.15, 0.2) is 0 Å². The van der Waals surface area contributed by atoms with Crippen molar-refractivity contribution < 1.29 is 14.7 Å². The molecule has 1 aliphatic heterocycles. The zero-order chi connectivity index (χ0) is 15.0. The number of rotatable bonds is 2. The molecule has 20 heavy (non-hydrogen) atoms. The summed E-state index contributed by atoms with van der Waals surface area (Å²) in [6, 6.07) is 0.432. The molecule has 3 nitrogen and oxygen atoms in total. The van der Waals surface area contributed by atoms with E-state index in [0.29, 0.717) is 6.04 Å². The van der Waals surface area contributed by atoms with Gasteiger partial charge in [0, 0.05) is 12.3 Å². The molecule has 116 valence electrons. The SMILES string of the molecule is CC1C[N+](C)(C)C(C)CC1(O)/C=C/C1(O)CCCCC1. The summed E-state index contributed by atoms with van der Waals surface area (Å²) >= 11 is 0. The zero-order valence-electron chi connectivity index (χ0n) is 13.6. The summed E-state index contributed by atoms with van der Waals surface area (Å²) in [6.07, 6.45) is 9.67. The van der Waals surface area contributed by atoms with Gasteiger partial charge >= 0.3 is 0 Å². The van der Waals surface area contributed by atoms with Gasteiger partial charge in [-0.2, -0.15) is 0 Å². The molecule has 0 spiro atoms.